The van der Waals surface area contributed by atoms with Crippen molar-refractivity contribution in [2.24, 2.45) is 0 Å². The Bertz CT molecular complexity index is 405. The number of nitrogens with zero attached hydrogens (tertiary/aromatic N) is 3. The molecule has 4 nitrogen and oxygen atoms in total. The van der Waals surface area contributed by atoms with E-state index in [0.717, 1.165) is 36.3 Å². The fraction of sp³-hybridized carbons (Fsp3) is 0.667. The van der Waals surface area contributed by atoms with Gasteiger partial charge in [0.25, 0.3) is 0 Å². The smallest absolute Gasteiger partial charge is 0.134 e. The SMILES string of the molecule is CNc1cc(N2CCSC(C)(C)C2)nc(C)n1. The third-order valence-corrected chi connectivity index (χ3v) is 4.13. The molecule has 1 fully saturated rings. The molecule has 0 spiro atoms. The molecule has 0 radical (unpaired) electrons. The molecule has 0 atom stereocenters. The van der Waals surface area contributed by atoms with Crippen molar-refractivity contribution in [1.82, 2.24) is 9.97 Å². The molecule has 2 heterocycles. The van der Waals surface area contributed by atoms with Crippen LogP contribution in [0, 0.1) is 6.92 Å². The summed E-state index contributed by atoms with van der Waals surface area (Å²) in [6.45, 7) is 8.62. The summed E-state index contributed by atoms with van der Waals surface area (Å²) in [5, 5.41) is 3.09. The van der Waals surface area contributed by atoms with Crippen molar-refractivity contribution in [2.75, 3.05) is 36.1 Å². The Morgan fingerprint density at radius 3 is 2.82 bits per heavy atom. The molecule has 94 valence electrons. The third kappa shape index (κ3) is 3.03. The molecule has 1 aliphatic rings. The van der Waals surface area contributed by atoms with E-state index in [2.05, 4.69) is 34.0 Å². The minimum Gasteiger partial charge on any atom is -0.373 e. The minimum atomic E-state index is 0.302. The monoisotopic (exact) mass is 252 g/mol. The van der Waals surface area contributed by atoms with Gasteiger partial charge in [-0.25, -0.2) is 9.97 Å². The Morgan fingerprint density at radius 1 is 1.41 bits per heavy atom. The van der Waals surface area contributed by atoms with Crippen LogP contribution in [0.5, 0.6) is 0 Å². The summed E-state index contributed by atoms with van der Waals surface area (Å²) in [5.74, 6) is 3.91. The molecular weight excluding hydrogens is 232 g/mol. The average molecular weight is 252 g/mol. The zero-order valence-electron chi connectivity index (χ0n) is 10.9. The number of aryl methyl sites for hydroxylation is 1. The lowest BCUT2D eigenvalue weighted by molar-refractivity contribution is 0.641. The van der Waals surface area contributed by atoms with Gasteiger partial charge in [0.05, 0.1) is 0 Å². The zero-order valence-corrected chi connectivity index (χ0v) is 11.8. The minimum absolute atomic E-state index is 0.302. The summed E-state index contributed by atoms with van der Waals surface area (Å²) >= 11 is 2.03. The lowest BCUT2D eigenvalue weighted by Crippen LogP contribution is -2.43. The van der Waals surface area contributed by atoms with E-state index in [1.54, 1.807) is 0 Å². The Morgan fingerprint density at radius 2 is 2.18 bits per heavy atom. The maximum absolute atomic E-state index is 4.54. The Balaban J connectivity index is 2.24. The van der Waals surface area contributed by atoms with E-state index in [0.29, 0.717) is 4.75 Å². The van der Waals surface area contributed by atoms with Gasteiger partial charge < -0.3 is 10.2 Å². The van der Waals surface area contributed by atoms with Gasteiger partial charge in [-0.05, 0) is 20.8 Å². The molecular formula is C12H20N4S. The van der Waals surface area contributed by atoms with Gasteiger partial charge in [0.2, 0.25) is 0 Å². The number of rotatable bonds is 2. The van der Waals surface area contributed by atoms with E-state index in [1.165, 1.54) is 0 Å². The van der Waals surface area contributed by atoms with Crippen molar-refractivity contribution in [3.05, 3.63) is 11.9 Å². The second kappa shape index (κ2) is 4.72. The highest BCUT2D eigenvalue weighted by atomic mass is 32.2. The van der Waals surface area contributed by atoms with Gasteiger partial charge in [0.1, 0.15) is 17.5 Å². The number of aromatic nitrogens is 2. The molecule has 0 unspecified atom stereocenters. The first-order valence-corrected chi connectivity index (χ1v) is 6.91. The molecule has 1 aromatic rings. The second-order valence-electron chi connectivity index (χ2n) is 4.94. The molecule has 0 aromatic carbocycles. The van der Waals surface area contributed by atoms with Crippen molar-refractivity contribution in [3.8, 4) is 0 Å². The van der Waals surface area contributed by atoms with Gasteiger partial charge in [-0.15, -0.1) is 0 Å². The average Bonchev–Trinajstić information content (AvgIpc) is 2.27. The predicted octanol–water partition coefficient (Wildman–Crippen LogP) is 2.16. The molecule has 0 amide bonds. The van der Waals surface area contributed by atoms with Crippen LogP contribution in [0.15, 0.2) is 6.07 Å². The molecule has 1 aromatic heterocycles. The van der Waals surface area contributed by atoms with Gasteiger partial charge >= 0.3 is 0 Å². The summed E-state index contributed by atoms with van der Waals surface area (Å²) in [6.07, 6.45) is 0. The van der Waals surface area contributed by atoms with E-state index in [1.807, 2.05) is 31.8 Å². The molecule has 1 aliphatic heterocycles. The van der Waals surface area contributed by atoms with Crippen LogP contribution < -0.4 is 10.2 Å². The Kier molecular flexibility index (Phi) is 3.47. The topological polar surface area (TPSA) is 41.0 Å². The molecule has 0 saturated carbocycles. The van der Waals surface area contributed by atoms with Crippen molar-refractivity contribution in [1.29, 1.82) is 0 Å². The van der Waals surface area contributed by atoms with Gasteiger partial charge in [0, 0.05) is 36.7 Å². The molecule has 5 heteroatoms. The predicted molar refractivity (Wildman–Crippen MR) is 75.1 cm³/mol. The summed E-state index contributed by atoms with van der Waals surface area (Å²) in [7, 11) is 1.89. The number of hydrogen-bond donors (Lipinski definition) is 1. The van der Waals surface area contributed by atoms with Crippen molar-refractivity contribution in [2.45, 2.75) is 25.5 Å². The molecule has 17 heavy (non-hydrogen) atoms. The van der Waals surface area contributed by atoms with E-state index >= 15 is 0 Å². The van der Waals surface area contributed by atoms with Gasteiger partial charge in [-0.1, -0.05) is 0 Å². The zero-order chi connectivity index (χ0) is 12.5. The van der Waals surface area contributed by atoms with Crippen molar-refractivity contribution < 1.29 is 0 Å². The molecule has 1 saturated heterocycles. The quantitative estimate of drug-likeness (QED) is 0.873. The van der Waals surface area contributed by atoms with E-state index in [-0.39, 0.29) is 0 Å². The van der Waals surface area contributed by atoms with Crippen molar-refractivity contribution >= 4 is 23.4 Å². The summed E-state index contributed by atoms with van der Waals surface area (Å²) < 4.78 is 0.302. The summed E-state index contributed by atoms with van der Waals surface area (Å²) in [5.41, 5.74) is 0. The highest BCUT2D eigenvalue weighted by Crippen LogP contribution is 2.31. The first-order chi connectivity index (χ1) is 8.00. The Hall–Kier alpha value is -0.970. The summed E-state index contributed by atoms with van der Waals surface area (Å²) in [4.78, 5) is 11.2. The number of hydrogen-bond acceptors (Lipinski definition) is 5. The van der Waals surface area contributed by atoms with Crippen LogP contribution in [0.3, 0.4) is 0 Å². The molecule has 0 bridgehead atoms. The van der Waals surface area contributed by atoms with Gasteiger partial charge in [0.15, 0.2) is 0 Å². The molecule has 1 N–H and O–H groups in total. The highest BCUT2D eigenvalue weighted by molar-refractivity contribution is 8.00. The lowest BCUT2D eigenvalue weighted by Gasteiger charge is -2.38. The van der Waals surface area contributed by atoms with Crippen LogP contribution in [-0.4, -0.2) is 40.6 Å². The molecule has 0 aliphatic carbocycles. The number of nitrogens with one attached hydrogen (secondary N) is 1. The highest BCUT2D eigenvalue weighted by Gasteiger charge is 2.27. The van der Waals surface area contributed by atoms with Crippen LogP contribution in [0.4, 0.5) is 11.6 Å². The fourth-order valence-corrected chi connectivity index (χ4v) is 3.17. The molecule has 2 rings (SSSR count). The third-order valence-electron chi connectivity index (χ3n) is 2.83. The first kappa shape index (κ1) is 12.5. The lowest BCUT2D eigenvalue weighted by atomic mass is 10.2. The van der Waals surface area contributed by atoms with Gasteiger partial charge in [-0.2, -0.15) is 11.8 Å². The van der Waals surface area contributed by atoms with Crippen LogP contribution in [0.25, 0.3) is 0 Å². The normalized spacial score (nSPS) is 19.2. The first-order valence-electron chi connectivity index (χ1n) is 5.92. The number of thioether (sulfide) groups is 1. The fourth-order valence-electron chi connectivity index (χ4n) is 2.05. The van der Waals surface area contributed by atoms with E-state index < -0.39 is 0 Å². The Labute approximate surface area is 107 Å². The summed E-state index contributed by atoms with van der Waals surface area (Å²) in [6, 6.07) is 2.03. The van der Waals surface area contributed by atoms with Gasteiger partial charge in [-0.3, -0.25) is 0 Å². The van der Waals surface area contributed by atoms with E-state index in [4.69, 9.17) is 0 Å². The standard InChI is InChI=1S/C12H20N4S/c1-9-14-10(13-4)7-11(15-9)16-5-6-17-12(2,3)8-16/h7H,5-6,8H2,1-4H3,(H,13,14,15). The van der Waals surface area contributed by atoms with Crippen LogP contribution >= 0.6 is 11.8 Å². The van der Waals surface area contributed by atoms with Crippen LogP contribution in [0.2, 0.25) is 0 Å². The largest absolute Gasteiger partial charge is 0.373 e. The van der Waals surface area contributed by atoms with E-state index in [9.17, 15) is 0 Å². The van der Waals surface area contributed by atoms with Crippen LogP contribution in [0.1, 0.15) is 19.7 Å². The second-order valence-corrected chi connectivity index (χ2v) is 6.74. The van der Waals surface area contributed by atoms with Crippen molar-refractivity contribution in [3.63, 3.8) is 0 Å². The maximum Gasteiger partial charge on any atom is 0.134 e. The van der Waals surface area contributed by atoms with Crippen LogP contribution in [-0.2, 0) is 0 Å². The maximum atomic E-state index is 4.54. The number of anilines is 2.